The third kappa shape index (κ3) is 6.82. The minimum Gasteiger partial charge on any atom is -0.368 e. The molecule has 1 N–H and O–H groups in total. The summed E-state index contributed by atoms with van der Waals surface area (Å²) >= 11 is 5.84. The predicted molar refractivity (Wildman–Crippen MR) is 100 cm³/mol. The number of carbonyl (C=O) groups is 1. The second-order valence-electron chi connectivity index (χ2n) is 6.76. The molecule has 0 atom stereocenters. The molecule has 0 saturated heterocycles. The molecule has 0 spiro atoms. The Morgan fingerprint density at radius 2 is 1.97 bits per heavy atom. The van der Waals surface area contributed by atoms with Gasteiger partial charge in [-0.15, -0.1) is 13.2 Å². The first-order valence-corrected chi connectivity index (χ1v) is 9.48. The van der Waals surface area contributed by atoms with Gasteiger partial charge >= 0.3 is 6.36 Å². The number of allylic oxidation sites excluding steroid dienone is 1. The van der Waals surface area contributed by atoms with Crippen LogP contribution in [0.25, 0.3) is 11.5 Å². The van der Waals surface area contributed by atoms with Crippen LogP contribution in [0.1, 0.15) is 25.1 Å². The molecule has 162 valence electrons. The zero-order valence-corrected chi connectivity index (χ0v) is 16.5. The van der Waals surface area contributed by atoms with Crippen LogP contribution in [0.4, 0.5) is 13.2 Å². The van der Waals surface area contributed by atoms with Crippen molar-refractivity contribution in [3.63, 3.8) is 0 Å². The molecule has 30 heavy (non-hydrogen) atoms. The summed E-state index contributed by atoms with van der Waals surface area (Å²) in [7, 11) is 0. The fourth-order valence-corrected chi connectivity index (χ4v) is 2.88. The Balaban J connectivity index is 1.33. The first-order chi connectivity index (χ1) is 14.2. The summed E-state index contributed by atoms with van der Waals surface area (Å²) in [5.41, 5.74) is 1.18. The molecule has 2 aromatic rings. The SMILES string of the molecule is C=C(CCc1noc(-c2ccc(Cl)cc2)n1)NC(=O)CO[C@H]1C[C@@H](OC(F)(F)F)C1. The van der Waals surface area contributed by atoms with E-state index in [1.807, 2.05) is 0 Å². The van der Waals surface area contributed by atoms with Crippen molar-refractivity contribution < 1.29 is 32.0 Å². The van der Waals surface area contributed by atoms with E-state index in [4.69, 9.17) is 20.9 Å². The number of alkyl halides is 3. The van der Waals surface area contributed by atoms with Crippen molar-refractivity contribution in [3.8, 4) is 11.5 Å². The number of aromatic nitrogens is 2. The van der Waals surface area contributed by atoms with Gasteiger partial charge in [0.05, 0.1) is 12.2 Å². The molecule has 0 unspecified atom stereocenters. The van der Waals surface area contributed by atoms with Crippen molar-refractivity contribution in [2.24, 2.45) is 0 Å². The highest BCUT2D eigenvalue weighted by molar-refractivity contribution is 6.30. The monoisotopic (exact) mass is 445 g/mol. The van der Waals surface area contributed by atoms with Crippen LogP contribution in [0.5, 0.6) is 0 Å². The van der Waals surface area contributed by atoms with Crippen LogP contribution in [-0.2, 0) is 20.7 Å². The van der Waals surface area contributed by atoms with Crippen molar-refractivity contribution in [1.29, 1.82) is 0 Å². The molecular formula is C19H19ClF3N3O4. The van der Waals surface area contributed by atoms with Gasteiger partial charge in [-0.05, 0) is 30.7 Å². The molecule has 1 saturated carbocycles. The van der Waals surface area contributed by atoms with Gasteiger partial charge in [-0.2, -0.15) is 4.98 Å². The largest absolute Gasteiger partial charge is 0.522 e. The molecule has 11 heteroatoms. The minimum absolute atomic E-state index is 0.0987. The summed E-state index contributed by atoms with van der Waals surface area (Å²) in [6.07, 6.45) is -5.02. The second kappa shape index (κ2) is 9.59. The Hall–Kier alpha value is -2.43. The van der Waals surface area contributed by atoms with Crippen LogP contribution in [0.3, 0.4) is 0 Å². The molecule has 1 fully saturated rings. The third-order valence-corrected chi connectivity index (χ3v) is 4.58. The average Bonchev–Trinajstić information content (AvgIpc) is 3.10. The maximum Gasteiger partial charge on any atom is 0.522 e. The lowest BCUT2D eigenvalue weighted by molar-refractivity contribution is -0.357. The molecule has 1 aliphatic carbocycles. The summed E-state index contributed by atoms with van der Waals surface area (Å²) in [5, 5.41) is 7.06. The molecule has 1 aliphatic rings. The number of rotatable bonds is 9. The van der Waals surface area contributed by atoms with Crippen LogP contribution in [0, 0.1) is 0 Å². The lowest BCUT2D eigenvalue weighted by atomic mass is 9.92. The van der Waals surface area contributed by atoms with Gasteiger partial charge in [0.2, 0.25) is 5.91 Å². The fourth-order valence-electron chi connectivity index (χ4n) is 2.76. The number of benzene rings is 1. The molecule has 0 aliphatic heterocycles. The van der Waals surface area contributed by atoms with E-state index in [-0.39, 0.29) is 19.4 Å². The molecular weight excluding hydrogens is 427 g/mol. The van der Waals surface area contributed by atoms with Crippen molar-refractivity contribution in [2.45, 2.75) is 44.3 Å². The summed E-state index contributed by atoms with van der Waals surface area (Å²) in [4.78, 5) is 16.1. The molecule has 1 amide bonds. The van der Waals surface area contributed by atoms with Gasteiger partial charge in [0.25, 0.3) is 5.89 Å². The summed E-state index contributed by atoms with van der Waals surface area (Å²) in [5.74, 6) is 0.380. The van der Waals surface area contributed by atoms with E-state index in [0.717, 1.165) is 5.56 Å². The standard InChI is InChI=1S/C19H19ClF3N3O4/c1-11(24-17(27)10-28-14-8-15(9-14)29-19(21,22)23)2-7-16-25-18(30-26-16)12-3-5-13(20)6-4-12/h3-6,14-15H,1-2,7-10H2,(H,24,27)/t14-,15+. The fraction of sp³-hybridized carbons (Fsp3) is 0.421. The molecule has 0 bridgehead atoms. The van der Waals surface area contributed by atoms with Crippen molar-refractivity contribution in [1.82, 2.24) is 15.5 Å². The average molecular weight is 446 g/mol. The Labute approximate surface area is 175 Å². The van der Waals surface area contributed by atoms with Gasteiger partial charge in [0.1, 0.15) is 6.61 Å². The smallest absolute Gasteiger partial charge is 0.368 e. The van der Waals surface area contributed by atoms with E-state index < -0.39 is 24.5 Å². The molecule has 1 aromatic carbocycles. The first-order valence-electron chi connectivity index (χ1n) is 9.10. The number of amides is 1. The maximum absolute atomic E-state index is 12.1. The summed E-state index contributed by atoms with van der Waals surface area (Å²) in [6, 6.07) is 6.96. The van der Waals surface area contributed by atoms with Crippen LogP contribution >= 0.6 is 11.6 Å². The minimum atomic E-state index is -4.65. The van der Waals surface area contributed by atoms with Gasteiger partial charge in [0, 0.05) is 35.5 Å². The Bertz CT molecular complexity index is 880. The number of hydrogen-bond acceptors (Lipinski definition) is 6. The number of aryl methyl sites for hydroxylation is 1. The van der Waals surface area contributed by atoms with Crippen LogP contribution < -0.4 is 5.32 Å². The number of halogens is 4. The number of nitrogens with zero attached hydrogens (tertiary/aromatic N) is 2. The Kier molecular flexibility index (Phi) is 7.11. The van der Waals surface area contributed by atoms with Crippen LogP contribution in [-0.4, -0.2) is 41.2 Å². The highest BCUT2D eigenvalue weighted by atomic mass is 35.5. The third-order valence-electron chi connectivity index (χ3n) is 4.33. The predicted octanol–water partition coefficient (Wildman–Crippen LogP) is 4.04. The number of nitrogens with one attached hydrogen (secondary N) is 1. The molecule has 7 nitrogen and oxygen atoms in total. The van der Waals surface area contributed by atoms with Gasteiger partial charge in [-0.1, -0.05) is 23.3 Å². The van der Waals surface area contributed by atoms with Crippen molar-refractivity contribution >= 4 is 17.5 Å². The highest BCUT2D eigenvalue weighted by Crippen LogP contribution is 2.32. The van der Waals surface area contributed by atoms with E-state index in [1.54, 1.807) is 24.3 Å². The number of carbonyl (C=O) groups excluding carboxylic acids is 1. The molecule has 0 radical (unpaired) electrons. The van der Waals surface area contributed by atoms with Gasteiger partial charge in [-0.25, -0.2) is 0 Å². The highest BCUT2D eigenvalue weighted by Gasteiger charge is 2.40. The zero-order valence-electron chi connectivity index (χ0n) is 15.7. The molecule has 3 rings (SSSR count). The summed E-state index contributed by atoms with van der Waals surface area (Å²) in [6.45, 7) is 3.49. The van der Waals surface area contributed by atoms with E-state index in [9.17, 15) is 18.0 Å². The van der Waals surface area contributed by atoms with Gasteiger partial charge in [-0.3, -0.25) is 9.53 Å². The maximum atomic E-state index is 12.1. The first kappa shape index (κ1) is 22.3. The normalized spacial score (nSPS) is 18.7. The lowest BCUT2D eigenvalue weighted by Crippen LogP contribution is -2.42. The molecule has 1 heterocycles. The topological polar surface area (TPSA) is 86.5 Å². The quantitative estimate of drug-likeness (QED) is 0.627. The van der Waals surface area contributed by atoms with Gasteiger partial charge in [0.15, 0.2) is 5.82 Å². The number of ether oxygens (including phenoxy) is 2. The summed E-state index contributed by atoms with van der Waals surface area (Å²) < 4.78 is 50.5. The van der Waals surface area contributed by atoms with Crippen molar-refractivity contribution in [2.75, 3.05) is 6.61 Å². The van der Waals surface area contributed by atoms with Crippen LogP contribution in [0.15, 0.2) is 41.1 Å². The van der Waals surface area contributed by atoms with E-state index in [2.05, 4.69) is 26.8 Å². The zero-order chi connectivity index (χ0) is 21.7. The number of hydrogen-bond donors (Lipinski definition) is 1. The Morgan fingerprint density at radius 1 is 1.27 bits per heavy atom. The molecule has 1 aromatic heterocycles. The van der Waals surface area contributed by atoms with E-state index >= 15 is 0 Å². The van der Waals surface area contributed by atoms with E-state index in [0.29, 0.717) is 35.3 Å². The van der Waals surface area contributed by atoms with E-state index in [1.165, 1.54) is 0 Å². The van der Waals surface area contributed by atoms with Crippen molar-refractivity contribution in [3.05, 3.63) is 47.4 Å². The van der Waals surface area contributed by atoms with Gasteiger partial charge < -0.3 is 14.6 Å². The van der Waals surface area contributed by atoms with Crippen LogP contribution in [0.2, 0.25) is 5.02 Å². The lowest BCUT2D eigenvalue weighted by Gasteiger charge is -2.34. The second-order valence-corrected chi connectivity index (χ2v) is 7.20. The Morgan fingerprint density at radius 3 is 2.63 bits per heavy atom.